The molecule has 0 aliphatic heterocycles. The Kier molecular flexibility index (Phi) is 8.55. The molecule has 0 saturated heterocycles. The summed E-state index contributed by atoms with van der Waals surface area (Å²) in [5.41, 5.74) is 0. The van der Waals surface area contributed by atoms with Gasteiger partial charge < -0.3 is 10.6 Å². The molecule has 0 bridgehead atoms. The molecule has 0 saturated carbocycles. The van der Waals surface area contributed by atoms with Crippen molar-refractivity contribution < 1.29 is 9.59 Å². The van der Waals surface area contributed by atoms with Gasteiger partial charge in [0.2, 0.25) is 11.8 Å². The fourth-order valence-electron chi connectivity index (χ4n) is 2.33. The zero-order valence-corrected chi connectivity index (χ0v) is 15.4. The first-order valence-electron chi connectivity index (χ1n) is 8.32. The summed E-state index contributed by atoms with van der Waals surface area (Å²) < 4.78 is 0. The van der Waals surface area contributed by atoms with E-state index in [0.717, 1.165) is 48.5 Å². The van der Waals surface area contributed by atoms with Crippen molar-refractivity contribution in [2.24, 2.45) is 0 Å². The van der Waals surface area contributed by atoms with Crippen molar-refractivity contribution in [3.8, 4) is 0 Å². The van der Waals surface area contributed by atoms with Crippen LogP contribution in [-0.2, 0) is 22.4 Å². The third kappa shape index (κ3) is 7.75. The Balaban J connectivity index is 1.40. The quantitative estimate of drug-likeness (QED) is 0.601. The minimum absolute atomic E-state index is 0.0956. The van der Waals surface area contributed by atoms with Gasteiger partial charge in [0, 0.05) is 22.8 Å². The Labute approximate surface area is 151 Å². The molecule has 0 spiro atoms. The van der Waals surface area contributed by atoms with Crippen molar-refractivity contribution in [2.45, 2.75) is 38.5 Å². The molecule has 2 N–H and O–H groups in total. The van der Waals surface area contributed by atoms with Gasteiger partial charge in [-0.2, -0.15) is 0 Å². The van der Waals surface area contributed by atoms with E-state index in [2.05, 4.69) is 10.6 Å². The molecular formula is C18H24N2O2S2. The summed E-state index contributed by atoms with van der Waals surface area (Å²) >= 11 is 3.23. The van der Waals surface area contributed by atoms with Crippen LogP contribution in [0.15, 0.2) is 35.0 Å². The molecule has 0 aliphatic carbocycles. The smallest absolute Gasteiger partial charge is 0.225 e. The van der Waals surface area contributed by atoms with Crippen molar-refractivity contribution in [1.82, 2.24) is 10.6 Å². The van der Waals surface area contributed by atoms with Crippen LogP contribution in [0.1, 0.15) is 35.4 Å². The van der Waals surface area contributed by atoms with E-state index in [1.54, 1.807) is 22.7 Å². The van der Waals surface area contributed by atoms with Gasteiger partial charge in [0.1, 0.15) is 0 Å². The van der Waals surface area contributed by atoms with Gasteiger partial charge in [-0.25, -0.2) is 0 Å². The molecule has 2 amide bonds. The van der Waals surface area contributed by atoms with Crippen LogP contribution < -0.4 is 10.6 Å². The number of rotatable bonds is 11. The molecule has 130 valence electrons. The van der Waals surface area contributed by atoms with Gasteiger partial charge in [0.15, 0.2) is 0 Å². The Morgan fingerprint density at radius 3 is 1.58 bits per heavy atom. The molecule has 0 aromatic carbocycles. The first kappa shape index (κ1) is 18.7. The third-order valence-corrected chi connectivity index (χ3v) is 5.33. The van der Waals surface area contributed by atoms with Crippen molar-refractivity contribution in [3.63, 3.8) is 0 Å². The van der Waals surface area contributed by atoms with Gasteiger partial charge in [-0.05, 0) is 35.7 Å². The molecule has 2 rings (SSSR count). The molecule has 2 heterocycles. The average molecular weight is 365 g/mol. The van der Waals surface area contributed by atoms with Gasteiger partial charge in [-0.3, -0.25) is 9.59 Å². The van der Waals surface area contributed by atoms with E-state index in [4.69, 9.17) is 0 Å². The fraction of sp³-hybridized carbons (Fsp3) is 0.444. The van der Waals surface area contributed by atoms with E-state index in [1.165, 1.54) is 0 Å². The van der Waals surface area contributed by atoms with Gasteiger partial charge >= 0.3 is 0 Å². The van der Waals surface area contributed by atoms with Crippen molar-refractivity contribution in [2.75, 3.05) is 13.1 Å². The van der Waals surface area contributed by atoms with Crippen molar-refractivity contribution in [3.05, 3.63) is 44.8 Å². The van der Waals surface area contributed by atoms with E-state index in [-0.39, 0.29) is 11.8 Å². The lowest BCUT2D eigenvalue weighted by molar-refractivity contribution is -0.121. The van der Waals surface area contributed by atoms with Crippen molar-refractivity contribution in [1.29, 1.82) is 0 Å². The largest absolute Gasteiger partial charge is 0.356 e. The highest BCUT2D eigenvalue weighted by atomic mass is 32.1. The number of nitrogens with one attached hydrogen (secondary N) is 2. The average Bonchev–Trinajstić information content (AvgIpc) is 3.23. The normalized spacial score (nSPS) is 10.5. The molecule has 0 unspecified atom stereocenters. The van der Waals surface area contributed by atoms with E-state index in [9.17, 15) is 9.59 Å². The summed E-state index contributed by atoms with van der Waals surface area (Å²) in [7, 11) is 0. The highest BCUT2D eigenvalue weighted by Gasteiger charge is 2.04. The Morgan fingerprint density at radius 1 is 0.750 bits per heavy atom. The zero-order valence-electron chi connectivity index (χ0n) is 13.8. The molecule has 24 heavy (non-hydrogen) atoms. The van der Waals surface area contributed by atoms with Gasteiger partial charge in [0.25, 0.3) is 0 Å². The molecule has 2 aromatic rings. The summed E-state index contributed by atoms with van der Waals surface area (Å²) in [6.07, 6.45) is 5.07. The predicted octanol–water partition coefficient (Wildman–Crippen LogP) is 3.39. The third-order valence-electron chi connectivity index (χ3n) is 3.58. The predicted molar refractivity (Wildman–Crippen MR) is 101 cm³/mol. The molecular weight excluding hydrogens is 340 g/mol. The summed E-state index contributed by atoms with van der Waals surface area (Å²) in [6, 6.07) is 7.90. The van der Waals surface area contributed by atoms with Crippen LogP contribution in [0.25, 0.3) is 0 Å². The highest BCUT2D eigenvalue weighted by molar-refractivity contribution is 7.10. The standard InChI is InChI=1S/C18H24N2O2S2/c21-17(13-15-7-5-11-23-15)19-9-3-1-2-4-10-20-18(22)14-16-8-6-12-24-16/h5-8,11-12H,1-4,9-10,13-14H2,(H,19,21)(H,20,22). The summed E-state index contributed by atoms with van der Waals surface area (Å²) in [4.78, 5) is 25.6. The van der Waals surface area contributed by atoms with Gasteiger partial charge in [0.05, 0.1) is 12.8 Å². The summed E-state index contributed by atoms with van der Waals surface area (Å²) in [6.45, 7) is 1.46. The van der Waals surface area contributed by atoms with Crippen LogP contribution in [0.5, 0.6) is 0 Å². The minimum atomic E-state index is 0.0956. The first-order chi connectivity index (χ1) is 11.7. The van der Waals surface area contributed by atoms with Crippen LogP contribution >= 0.6 is 22.7 Å². The van der Waals surface area contributed by atoms with Crippen molar-refractivity contribution >= 4 is 34.5 Å². The number of thiophene rings is 2. The lowest BCUT2D eigenvalue weighted by Crippen LogP contribution is -2.26. The van der Waals surface area contributed by atoms with E-state index >= 15 is 0 Å². The molecule has 0 atom stereocenters. The number of carbonyl (C=O) groups is 2. The van der Waals surface area contributed by atoms with Crippen LogP contribution in [0.3, 0.4) is 0 Å². The zero-order chi connectivity index (χ0) is 17.0. The Hall–Kier alpha value is -1.66. The van der Waals surface area contributed by atoms with E-state index in [1.807, 2.05) is 35.0 Å². The topological polar surface area (TPSA) is 58.2 Å². The number of carbonyl (C=O) groups excluding carboxylic acids is 2. The Bertz CT molecular complexity index is 540. The number of hydrogen-bond donors (Lipinski definition) is 2. The first-order valence-corrected chi connectivity index (χ1v) is 10.1. The maximum atomic E-state index is 11.7. The number of hydrogen-bond acceptors (Lipinski definition) is 4. The Morgan fingerprint density at radius 2 is 1.21 bits per heavy atom. The lowest BCUT2D eigenvalue weighted by Gasteiger charge is -2.06. The van der Waals surface area contributed by atoms with Crippen LogP contribution in [-0.4, -0.2) is 24.9 Å². The molecule has 0 fully saturated rings. The highest BCUT2D eigenvalue weighted by Crippen LogP contribution is 2.09. The molecule has 4 nitrogen and oxygen atoms in total. The lowest BCUT2D eigenvalue weighted by atomic mass is 10.2. The molecule has 2 aromatic heterocycles. The van der Waals surface area contributed by atoms with Crippen LogP contribution in [0.2, 0.25) is 0 Å². The number of amides is 2. The molecule has 0 radical (unpaired) electrons. The number of unbranched alkanes of at least 4 members (excludes halogenated alkanes) is 3. The minimum Gasteiger partial charge on any atom is -0.356 e. The molecule has 6 heteroatoms. The second kappa shape index (κ2) is 11.0. The van der Waals surface area contributed by atoms with E-state index in [0.29, 0.717) is 12.8 Å². The fourth-order valence-corrected chi connectivity index (χ4v) is 3.73. The monoisotopic (exact) mass is 364 g/mol. The maximum absolute atomic E-state index is 11.7. The van der Waals surface area contributed by atoms with Crippen LogP contribution in [0, 0.1) is 0 Å². The second-order valence-electron chi connectivity index (χ2n) is 5.63. The molecule has 0 aliphatic rings. The summed E-state index contributed by atoms with van der Waals surface area (Å²) in [5.74, 6) is 0.191. The maximum Gasteiger partial charge on any atom is 0.225 e. The van der Waals surface area contributed by atoms with E-state index < -0.39 is 0 Å². The SMILES string of the molecule is O=C(Cc1cccs1)NCCCCCCNC(=O)Cc1cccs1. The van der Waals surface area contributed by atoms with Gasteiger partial charge in [-0.15, -0.1) is 22.7 Å². The second-order valence-corrected chi connectivity index (χ2v) is 7.69. The summed E-state index contributed by atoms with van der Waals surface area (Å²) in [5, 5.41) is 9.88. The van der Waals surface area contributed by atoms with Gasteiger partial charge in [-0.1, -0.05) is 25.0 Å². The van der Waals surface area contributed by atoms with Crippen LogP contribution in [0.4, 0.5) is 0 Å².